The second kappa shape index (κ2) is 10.9. The zero-order valence-corrected chi connectivity index (χ0v) is 19.8. The van der Waals surface area contributed by atoms with E-state index in [4.69, 9.17) is 9.47 Å². The van der Waals surface area contributed by atoms with Crippen LogP contribution in [0.15, 0.2) is 72.8 Å². The van der Waals surface area contributed by atoms with E-state index in [1.54, 1.807) is 38.5 Å². The maximum Gasteiger partial charge on any atom is 0.253 e. The Labute approximate surface area is 195 Å². The Morgan fingerprint density at radius 1 is 0.879 bits per heavy atom. The normalized spacial score (nSPS) is 11.0. The largest absolute Gasteiger partial charge is 0.493 e. The SMILES string of the molecule is COc1ccc(CCNC(=O)c2ccccc2N(Cc2ccccc2)S(C)(=O)=O)cc1OC. The van der Waals surface area contributed by atoms with Crippen LogP contribution in [0.2, 0.25) is 0 Å². The number of benzene rings is 3. The highest BCUT2D eigenvalue weighted by Crippen LogP contribution is 2.28. The summed E-state index contributed by atoms with van der Waals surface area (Å²) in [5, 5.41) is 2.89. The zero-order valence-electron chi connectivity index (χ0n) is 18.9. The molecule has 0 atom stereocenters. The van der Waals surface area contributed by atoms with Crippen LogP contribution in [0.4, 0.5) is 5.69 Å². The first-order valence-electron chi connectivity index (χ1n) is 10.4. The first-order valence-corrected chi connectivity index (χ1v) is 12.3. The maximum atomic E-state index is 13.0. The van der Waals surface area contributed by atoms with E-state index in [1.807, 2.05) is 48.5 Å². The molecule has 0 saturated heterocycles. The molecule has 3 rings (SSSR count). The Kier molecular flexibility index (Phi) is 7.95. The smallest absolute Gasteiger partial charge is 0.253 e. The summed E-state index contributed by atoms with van der Waals surface area (Å²) in [5.41, 5.74) is 2.44. The van der Waals surface area contributed by atoms with Crippen LogP contribution < -0.4 is 19.1 Å². The number of rotatable bonds is 10. The second-order valence-electron chi connectivity index (χ2n) is 7.47. The van der Waals surface area contributed by atoms with Crippen molar-refractivity contribution in [1.29, 1.82) is 0 Å². The van der Waals surface area contributed by atoms with Gasteiger partial charge in [-0.1, -0.05) is 48.5 Å². The average molecular weight is 469 g/mol. The van der Waals surface area contributed by atoms with E-state index < -0.39 is 10.0 Å². The minimum absolute atomic E-state index is 0.135. The van der Waals surface area contributed by atoms with Gasteiger partial charge >= 0.3 is 0 Å². The number of nitrogens with zero attached hydrogens (tertiary/aromatic N) is 1. The standard InChI is InChI=1S/C25H28N2O5S/c1-31-23-14-13-19(17-24(23)32-2)15-16-26-25(28)21-11-7-8-12-22(21)27(33(3,29)30)18-20-9-5-4-6-10-20/h4-14,17H,15-16,18H2,1-3H3,(H,26,28). The molecule has 0 bridgehead atoms. The van der Waals surface area contributed by atoms with Crippen molar-refractivity contribution in [3.8, 4) is 11.5 Å². The third-order valence-corrected chi connectivity index (χ3v) is 6.26. The minimum atomic E-state index is -3.62. The van der Waals surface area contributed by atoms with Crippen LogP contribution in [0.25, 0.3) is 0 Å². The minimum Gasteiger partial charge on any atom is -0.493 e. The third-order valence-electron chi connectivity index (χ3n) is 5.13. The summed E-state index contributed by atoms with van der Waals surface area (Å²) in [5.74, 6) is 0.919. The number of hydrogen-bond acceptors (Lipinski definition) is 5. The van der Waals surface area contributed by atoms with Gasteiger partial charge in [0.1, 0.15) is 0 Å². The van der Waals surface area contributed by atoms with E-state index in [1.165, 1.54) is 4.31 Å². The number of carbonyl (C=O) groups excluding carboxylic acids is 1. The van der Waals surface area contributed by atoms with Crippen LogP contribution in [0.3, 0.4) is 0 Å². The van der Waals surface area contributed by atoms with Gasteiger partial charge in [-0.15, -0.1) is 0 Å². The fourth-order valence-corrected chi connectivity index (χ4v) is 4.37. The van der Waals surface area contributed by atoms with Crippen molar-refractivity contribution in [2.75, 3.05) is 31.3 Å². The summed E-state index contributed by atoms with van der Waals surface area (Å²) in [6.07, 6.45) is 1.72. The van der Waals surface area contributed by atoms with Crippen molar-refractivity contribution in [3.63, 3.8) is 0 Å². The van der Waals surface area contributed by atoms with E-state index in [0.717, 1.165) is 17.4 Å². The van der Waals surface area contributed by atoms with Crippen molar-refractivity contribution < 1.29 is 22.7 Å². The molecule has 0 aromatic heterocycles. The molecule has 0 aliphatic rings. The highest BCUT2D eigenvalue weighted by molar-refractivity contribution is 7.92. The summed E-state index contributed by atoms with van der Waals surface area (Å²) in [6.45, 7) is 0.510. The lowest BCUT2D eigenvalue weighted by Gasteiger charge is -2.24. The number of carbonyl (C=O) groups is 1. The molecule has 8 heteroatoms. The Bertz CT molecular complexity index is 1200. The second-order valence-corrected chi connectivity index (χ2v) is 9.37. The number of hydrogen-bond donors (Lipinski definition) is 1. The van der Waals surface area contributed by atoms with E-state index in [9.17, 15) is 13.2 Å². The Balaban J connectivity index is 1.76. The summed E-state index contributed by atoms with van der Waals surface area (Å²) in [6, 6.07) is 21.6. The lowest BCUT2D eigenvalue weighted by atomic mass is 10.1. The van der Waals surface area contributed by atoms with Crippen molar-refractivity contribution in [2.24, 2.45) is 0 Å². The van der Waals surface area contributed by atoms with Crippen LogP contribution in [0.5, 0.6) is 11.5 Å². The van der Waals surface area contributed by atoms with Gasteiger partial charge in [0.25, 0.3) is 5.91 Å². The summed E-state index contributed by atoms with van der Waals surface area (Å²) >= 11 is 0. The summed E-state index contributed by atoms with van der Waals surface area (Å²) < 4.78 is 37.0. The van der Waals surface area contributed by atoms with Gasteiger partial charge in [-0.3, -0.25) is 9.10 Å². The summed E-state index contributed by atoms with van der Waals surface area (Å²) in [4.78, 5) is 13.0. The molecule has 3 aromatic rings. The van der Waals surface area contributed by atoms with Gasteiger partial charge < -0.3 is 14.8 Å². The molecular weight excluding hydrogens is 440 g/mol. The molecule has 1 amide bonds. The lowest BCUT2D eigenvalue weighted by molar-refractivity contribution is 0.0955. The van der Waals surface area contributed by atoms with Gasteiger partial charge in [-0.25, -0.2) is 8.42 Å². The number of sulfonamides is 1. The van der Waals surface area contributed by atoms with Crippen molar-refractivity contribution >= 4 is 21.6 Å². The van der Waals surface area contributed by atoms with Crippen LogP contribution in [-0.4, -0.2) is 41.3 Å². The predicted molar refractivity (Wildman–Crippen MR) is 129 cm³/mol. The van der Waals surface area contributed by atoms with Gasteiger partial charge in [0, 0.05) is 6.54 Å². The maximum absolute atomic E-state index is 13.0. The van der Waals surface area contributed by atoms with Gasteiger partial charge in [-0.2, -0.15) is 0 Å². The monoisotopic (exact) mass is 468 g/mol. The van der Waals surface area contributed by atoms with Crippen LogP contribution in [0, 0.1) is 0 Å². The number of nitrogens with one attached hydrogen (secondary N) is 1. The third kappa shape index (κ3) is 6.26. The van der Waals surface area contributed by atoms with Crippen molar-refractivity contribution in [3.05, 3.63) is 89.5 Å². The predicted octanol–water partition coefficient (Wildman–Crippen LogP) is 3.64. The van der Waals surface area contributed by atoms with Crippen LogP contribution >= 0.6 is 0 Å². The van der Waals surface area contributed by atoms with Crippen molar-refractivity contribution in [1.82, 2.24) is 5.32 Å². The number of methoxy groups -OCH3 is 2. The number of anilines is 1. The van der Waals surface area contributed by atoms with Gasteiger partial charge in [0.2, 0.25) is 10.0 Å². The molecule has 0 saturated carbocycles. The molecule has 33 heavy (non-hydrogen) atoms. The Morgan fingerprint density at radius 3 is 2.21 bits per heavy atom. The number of amides is 1. The molecule has 0 aliphatic heterocycles. The molecule has 0 aliphatic carbocycles. The van der Waals surface area contributed by atoms with Gasteiger partial charge in [-0.05, 0) is 41.8 Å². The summed E-state index contributed by atoms with van der Waals surface area (Å²) in [7, 11) is -0.474. The van der Waals surface area contributed by atoms with Gasteiger partial charge in [0.15, 0.2) is 11.5 Å². The Morgan fingerprint density at radius 2 is 1.55 bits per heavy atom. The van der Waals surface area contributed by atoms with Crippen LogP contribution in [-0.2, 0) is 23.0 Å². The molecule has 0 fully saturated rings. The molecule has 0 spiro atoms. The van der Waals surface area contributed by atoms with E-state index in [0.29, 0.717) is 35.7 Å². The fourth-order valence-electron chi connectivity index (χ4n) is 3.47. The van der Waals surface area contributed by atoms with Crippen LogP contribution in [0.1, 0.15) is 21.5 Å². The molecule has 0 radical (unpaired) electrons. The highest BCUT2D eigenvalue weighted by Gasteiger charge is 2.23. The fraction of sp³-hybridized carbons (Fsp3) is 0.240. The molecule has 0 heterocycles. The number of ether oxygens (including phenoxy) is 2. The van der Waals surface area contributed by atoms with Gasteiger partial charge in [0.05, 0.1) is 38.3 Å². The highest BCUT2D eigenvalue weighted by atomic mass is 32.2. The lowest BCUT2D eigenvalue weighted by Crippen LogP contribution is -2.33. The Hall–Kier alpha value is -3.52. The molecule has 174 valence electrons. The topological polar surface area (TPSA) is 84.9 Å². The molecule has 1 N–H and O–H groups in total. The zero-order chi connectivity index (χ0) is 23.8. The first-order chi connectivity index (χ1) is 15.8. The molecule has 3 aromatic carbocycles. The first kappa shape index (κ1) is 24.1. The van der Waals surface area contributed by atoms with E-state index >= 15 is 0 Å². The van der Waals surface area contributed by atoms with Crippen molar-refractivity contribution in [2.45, 2.75) is 13.0 Å². The van der Waals surface area contributed by atoms with E-state index in [2.05, 4.69) is 5.32 Å². The van der Waals surface area contributed by atoms with E-state index in [-0.39, 0.29) is 12.5 Å². The average Bonchev–Trinajstić information content (AvgIpc) is 2.82. The quantitative estimate of drug-likeness (QED) is 0.491. The molecular formula is C25H28N2O5S. The molecule has 7 nitrogen and oxygen atoms in total. The molecule has 0 unspecified atom stereocenters. The number of para-hydroxylation sites is 1.